The van der Waals surface area contributed by atoms with Gasteiger partial charge in [0.25, 0.3) is 0 Å². The van der Waals surface area contributed by atoms with Gasteiger partial charge in [-0.05, 0) is 37.7 Å². The highest BCUT2D eigenvalue weighted by Gasteiger charge is 2.16. The molecule has 0 bridgehead atoms. The van der Waals surface area contributed by atoms with Crippen molar-refractivity contribution < 1.29 is 9.90 Å². The zero-order valence-corrected chi connectivity index (χ0v) is 12.7. The zero-order valence-electron chi connectivity index (χ0n) is 12.7. The lowest BCUT2D eigenvalue weighted by Gasteiger charge is -2.28. The summed E-state index contributed by atoms with van der Waals surface area (Å²) in [7, 11) is 3.98. The van der Waals surface area contributed by atoms with Gasteiger partial charge in [0.15, 0.2) is 0 Å². The van der Waals surface area contributed by atoms with Gasteiger partial charge < -0.3 is 10.4 Å². The predicted octanol–water partition coefficient (Wildman–Crippen LogP) is 1.25. The van der Waals surface area contributed by atoms with Gasteiger partial charge in [-0.15, -0.1) is 0 Å². The van der Waals surface area contributed by atoms with E-state index < -0.39 is 0 Å². The summed E-state index contributed by atoms with van der Waals surface area (Å²) in [5, 5.41) is 15.0. The van der Waals surface area contributed by atoms with Crippen LogP contribution in [0.15, 0.2) is 24.3 Å². The van der Waals surface area contributed by atoms with Gasteiger partial charge in [-0.1, -0.05) is 26.0 Å². The molecule has 5 heteroatoms. The minimum absolute atomic E-state index is 0.00862. The smallest absolute Gasteiger partial charge is 0.238 e. The maximum absolute atomic E-state index is 11.9. The van der Waals surface area contributed by atoms with Gasteiger partial charge in [-0.3, -0.25) is 15.0 Å². The van der Waals surface area contributed by atoms with Crippen molar-refractivity contribution in [2.45, 2.75) is 26.6 Å². The quantitative estimate of drug-likeness (QED) is 0.657. The summed E-state index contributed by atoms with van der Waals surface area (Å²) < 4.78 is 0. The first-order valence-corrected chi connectivity index (χ1v) is 6.83. The highest BCUT2D eigenvalue weighted by Crippen LogP contribution is 2.09. The highest BCUT2D eigenvalue weighted by molar-refractivity contribution is 5.92. The van der Waals surface area contributed by atoms with E-state index in [-0.39, 0.29) is 25.2 Å². The van der Waals surface area contributed by atoms with Gasteiger partial charge in [-0.2, -0.15) is 0 Å². The van der Waals surface area contributed by atoms with Crippen molar-refractivity contribution in [1.29, 1.82) is 0 Å². The number of aliphatic hydroxyl groups is 1. The summed E-state index contributed by atoms with van der Waals surface area (Å²) in [5.74, 6) is 0.343. The average Bonchev–Trinajstić information content (AvgIpc) is 2.39. The van der Waals surface area contributed by atoms with Crippen molar-refractivity contribution in [3.63, 3.8) is 0 Å². The molecule has 0 aliphatic heterocycles. The van der Waals surface area contributed by atoms with Gasteiger partial charge in [0.2, 0.25) is 5.91 Å². The molecule has 5 nitrogen and oxygen atoms in total. The molecule has 20 heavy (non-hydrogen) atoms. The fourth-order valence-electron chi connectivity index (χ4n) is 2.11. The number of anilines is 1. The molecule has 0 aliphatic rings. The Balaban J connectivity index is 2.46. The van der Waals surface area contributed by atoms with Crippen molar-refractivity contribution >= 4 is 11.6 Å². The van der Waals surface area contributed by atoms with Crippen LogP contribution >= 0.6 is 0 Å². The van der Waals surface area contributed by atoms with Crippen molar-refractivity contribution in [2.75, 3.05) is 26.0 Å². The molecular formula is C15H25N3O2. The Morgan fingerprint density at radius 3 is 2.30 bits per heavy atom. The van der Waals surface area contributed by atoms with E-state index in [1.165, 1.54) is 0 Å². The summed E-state index contributed by atoms with van der Waals surface area (Å²) in [6, 6.07) is 7.16. The second-order valence-corrected chi connectivity index (χ2v) is 5.44. The Morgan fingerprint density at radius 2 is 1.85 bits per heavy atom. The van der Waals surface area contributed by atoms with Crippen LogP contribution in [0.4, 0.5) is 5.69 Å². The summed E-state index contributed by atoms with van der Waals surface area (Å²) in [6.07, 6.45) is 0.164. The lowest BCUT2D eigenvalue weighted by atomic mass is 10.1. The first kappa shape index (κ1) is 16.6. The van der Waals surface area contributed by atoms with Crippen molar-refractivity contribution in [3.05, 3.63) is 29.8 Å². The Labute approximate surface area is 121 Å². The Hall–Kier alpha value is -1.43. The van der Waals surface area contributed by atoms with E-state index in [9.17, 15) is 4.79 Å². The molecule has 0 saturated carbocycles. The van der Waals surface area contributed by atoms with Crippen LogP contribution < -0.4 is 10.6 Å². The Bertz CT molecular complexity index is 408. The molecule has 1 unspecified atom stereocenters. The third kappa shape index (κ3) is 5.28. The SMILES string of the molecule is CC(C)C(NCC(=O)Nc1ccc(CO)cc1)N(C)C. The van der Waals surface area contributed by atoms with E-state index in [1.807, 2.05) is 14.1 Å². The number of nitrogens with one attached hydrogen (secondary N) is 2. The number of nitrogens with zero attached hydrogens (tertiary/aromatic N) is 1. The maximum Gasteiger partial charge on any atom is 0.238 e. The molecule has 0 aromatic heterocycles. The van der Waals surface area contributed by atoms with Crippen LogP contribution in [0.25, 0.3) is 0 Å². The molecule has 1 aromatic carbocycles. The predicted molar refractivity (Wildman–Crippen MR) is 81.3 cm³/mol. The van der Waals surface area contributed by atoms with Crippen molar-refractivity contribution in [2.24, 2.45) is 5.92 Å². The average molecular weight is 279 g/mol. The van der Waals surface area contributed by atoms with Gasteiger partial charge in [0, 0.05) is 5.69 Å². The third-order valence-corrected chi connectivity index (χ3v) is 3.08. The third-order valence-electron chi connectivity index (χ3n) is 3.08. The standard InChI is InChI=1S/C15H25N3O2/c1-11(2)15(18(3)4)16-9-14(20)17-13-7-5-12(10-19)6-8-13/h5-8,11,15-16,19H,9-10H2,1-4H3,(H,17,20). The molecule has 1 atom stereocenters. The minimum Gasteiger partial charge on any atom is -0.392 e. The number of hydrogen-bond acceptors (Lipinski definition) is 4. The fourth-order valence-corrected chi connectivity index (χ4v) is 2.11. The van der Waals surface area contributed by atoms with Crippen molar-refractivity contribution in [1.82, 2.24) is 10.2 Å². The molecule has 3 N–H and O–H groups in total. The van der Waals surface area contributed by atoms with Gasteiger partial charge in [0.1, 0.15) is 0 Å². The van der Waals surface area contributed by atoms with E-state index in [1.54, 1.807) is 24.3 Å². The summed E-state index contributed by atoms with van der Waals surface area (Å²) in [6.45, 7) is 4.50. The molecule has 0 radical (unpaired) electrons. The monoisotopic (exact) mass is 279 g/mol. The van der Waals surface area contributed by atoms with Crippen LogP contribution in [0.1, 0.15) is 19.4 Å². The summed E-state index contributed by atoms with van der Waals surface area (Å²) >= 11 is 0. The van der Waals surface area contributed by atoms with Crippen LogP contribution in [0.5, 0.6) is 0 Å². The van der Waals surface area contributed by atoms with Crippen molar-refractivity contribution in [3.8, 4) is 0 Å². The first-order chi connectivity index (χ1) is 9.43. The van der Waals surface area contributed by atoms with E-state index in [2.05, 4.69) is 29.4 Å². The number of hydrogen-bond donors (Lipinski definition) is 3. The van der Waals surface area contributed by atoms with E-state index >= 15 is 0 Å². The number of carbonyl (C=O) groups excluding carboxylic acids is 1. The second kappa shape index (κ2) is 7.99. The Kier molecular flexibility index (Phi) is 6.64. The number of rotatable bonds is 7. The van der Waals surface area contributed by atoms with Crippen LogP contribution in [0.2, 0.25) is 0 Å². The topological polar surface area (TPSA) is 64.6 Å². The highest BCUT2D eigenvalue weighted by atomic mass is 16.3. The summed E-state index contributed by atoms with van der Waals surface area (Å²) in [4.78, 5) is 13.9. The van der Waals surface area contributed by atoms with Crippen LogP contribution in [0, 0.1) is 5.92 Å². The van der Waals surface area contributed by atoms with Crippen LogP contribution in [-0.4, -0.2) is 42.7 Å². The first-order valence-electron chi connectivity index (χ1n) is 6.83. The number of carbonyl (C=O) groups is 1. The molecule has 0 saturated heterocycles. The second-order valence-electron chi connectivity index (χ2n) is 5.44. The lowest BCUT2D eigenvalue weighted by Crippen LogP contribution is -2.47. The van der Waals surface area contributed by atoms with E-state index in [0.717, 1.165) is 11.3 Å². The molecule has 0 fully saturated rings. The van der Waals surface area contributed by atoms with E-state index in [4.69, 9.17) is 5.11 Å². The lowest BCUT2D eigenvalue weighted by molar-refractivity contribution is -0.115. The van der Waals surface area contributed by atoms with E-state index in [0.29, 0.717) is 5.92 Å². The normalized spacial score (nSPS) is 12.8. The van der Waals surface area contributed by atoms with Gasteiger partial charge in [0.05, 0.1) is 19.3 Å². The maximum atomic E-state index is 11.9. The van der Waals surface area contributed by atoms with Crippen LogP contribution in [-0.2, 0) is 11.4 Å². The number of aliphatic hydroxyl groups excluding tert-OH is 1. The zero-order chi connectivity index (χ0) is 15.1. The molecule has 0 spiro atoms. The number of benzene rings is 1. The molecule has 1 rings (SSSR count). The number of amides is 1. The molecule has 1 aromatic rings. The summed E-state index contributed by atoms with van der Waals surface area (Å²) in [5.41, 5.74) is 1.56. The Morgan fingerprint density at radius 1 is 1.25 bits per heavy atom. The molecule has 1 amide bonds. The minimum atomic E-state index is -0.0748. The van der Waals surface area contributed by atoms with Gasteiger partial charge in [-0.25, -0.2) is 0 Å². The largest absolute Gasteiger partial charge is 0.392 e. The molecular weight excluding hydrogens is 254 g/mol. The van der Waals surface area contributed by atoms with Gasteiger partial charge >= 0.3 is 0 Å². The molecule has 0 aliphatic carbocycles. The molecule has 112 valence electrons. The fraction of sp³-hybridized carbons (Fsp3) is 0.533. The molecule has 0 heterocycles. The van der Waals surface area contributed by atoms with Crippen LogP contribution in [0.3, 0.4) is 0 Å².